The fourth-order valence-electron chi connectivity index (χ4n) is 6.73. The molecule has 1 saturated carbocycles. The number of morpholine rings is 1. The first-order valence-corrected chi connectivity index (χ1v) is 16.6. The van der Waals surface area contributed by atoms with Crippen molar-refractivity contribution in [2.45, 2.75) is 59.7 Å². The molecule has 1 amide bonds. The van der Waals surface area contributed by atoms with Crippen LogP contribution in [0.1, 0.15) is 60.7 Å². The summed E-state index contributed by atoms with van der Waals surface area (Å²) in [5, 5.41) is 3.10. The van der Waals surface area contributed by atoms with E-state index in [0.29, 0.717) is 50.3 Å². The Hall–Kier alpha value is -3.43. The average Bonchev–Trinajstić information content (AvgIpc) is 3.59. The number of piperidine rings is 1. The van der Waals surface area contributed by atoms with Crippen LogP contribution in [0, 0.1) is 31.6 Å². The lowest BCUT2D eigenvalue weighted by atomic mass is 9.85. The third-order valence-corrected chi connectivity index (χ3v) is 9.86. The number of carbonyl (C=O) groups is 2. The molecule has 8 nitrogen and oxygen atoms in total. The second kappa shape index (κ2) is 12.5. The molecule has 3 aromatic rings. The van der Waals surface area contributed by atoms with Crippen molar-refractivity contribution >= 4 is 28.3 Å². The molecule has 2 aromatic carbocycles. The Kier molecular flexibility index (Phi) is 8.70. The summed E-state index contributed by atoms with van der Waals surface area (Å²) >= 11 is 1.65. The summed E-state index contributed by atoms with van der Waals surface area (Å²) in [6.45, 7) is 14.4. The number of ether oxygens (including phenoxy) is 3. The SMILES string of the molecule is Cc1ccc(OCc2ccc(C(=O)N3CCOCC3)cc2C)c(-c2csc(N3CC4CCC(C3)C4C(=O)OC(C)(C)C)n2)c1. The van der Waals surface area contributed by atoms with Crippen molar-refractivity contribution in [3.05, 3.63) is 64.0 Å². The standard InChI is InChI=1S/C35H43N3O5S/c1-22-6-11-30(42-20-27-10-7-24(17-23(27)2)32(39)37-12-14-41-15-13-37)28(16-22)29-21-44-34(36-29)38-18-25-8-9-26(19-38)31(25)33(40)43-35(3,4)5/h6-7,10-11,16-17,21,25-26,31H,8-9,12-15,18-20H2,1-5H3. The lowest BCUT2D eigenvalue weighted by molar-refractivity contribution is -0.163. The number of amides is 1. The molecule has 1 aromatic heterocycles. The highest BCUT2D eigenvalue weighted by atomic mass is 32.1. The van der Waals surface area contributed by atoms with Crippen LogP contribution in [-0.2, 0) is 20.9 Å². The zero-order valence-electron chi connectivity index (χ0n) is 26.4. The summed E-state index contributed by atoms with van der Waals surface area (Å²) in [4.78, 5) is 35.2. The Morgan fingerprint density at radius 3 is 2.43 bits per heavy atom. The third-order valence-electron chi connectivity index (χ3n) is 8.96. The summed E-state index contributed by atoms with van der Waals surface area (Å²) in [5.41, 5.74) is 5.30. The van der Waals surface area contributed by atoms with Crippen LogP contribution in [0.5, 0.6) is 5.75 Å². The fourth-order valence-corrected chi connectivity index (χ4v) is 7.58. The summed E-state index contributed by atoms with van der Waals surface area (Å²) in [6, 6.07) is 12.0. The normalized spacial score (nSPS) is 21.8. The van der Waals surface area contributed by atoms with Gasteiger partial charge in [-0.3, -0.25) is 9.59 Å². The molecule has 9 heteroatoms. The van der Waals surface area contributed by atoms with E-state index in [4.69, 9.17) is 19.2 Å². The van der Waals surface area contributed by atoms with Crippen LogP contribution in [0.15, 0.2) is 41.8 Å². The van der Waals surface area contributed by atoms with Gasteiger partial charge in [-0.25, -0.2) is 4.98 Å². The number of nitrogens with zero attached hydrogens (tertiary/aromatic N) is 3. The van der Waals surface area contributed by atoms with Gasteiger partial charge in [0.15, 0.2) is 5.13 Å². The largest absolute Gasteiger partial charge is 0.488 e. The van der Waals surface area contributed by atoms with Gasteiger partial charge in [-0.2, -0.15) is 0 Å². The van der Waals surface area contributed by atoms with Gasteiger partial charge in [0.25, 0.3) is 5.91 Å². The van der Waals surface area contributed by atoms with Gasteiger partial charge < -0.3 is 24.0 Å². The number of rotatable bonds is 7. The zero-order chi connectivity index (χ0) is 31.0. The molecular weight excluding hydrogens is 574 g/mol. The van der Waals surface area contributed by atoms with Crippen LogP contribution in [0.3, 0.4) is 0 Å². The van der Waals surface area contributed by atoms with Crippen molar-refractivity contribution in [3.63, 3.8) is 0 Å². The van der Waals surface area contributed by atoms with Gasteiger partial charge in [-0.15, -0.1) is 11.3 Å². The molecule has 2 atom stereocenters. The molecule has 3 heterocycles. The molecule has 234 valence electrons. The minimum Gasteiger partial charge on any atom is -0.488 e. The van der Waals surface area contributed by atoms with Gasteiger partial charge in [0.05, 0.1) is 24.8 Å². The zero-order valence-corrected chi connectivity index (χ0v) is 27.2. The highest BCUT2D eigenvalue weighted by Crippen LogP contribution is 2.45. The molecule has 2 saturated heterocycles. The smallest absolute Gasteiger partial charge is 0.310 e. The van der Waals surface area contributed by atoms with Crippen LogP contribution < -0.4 is 9.64 Å². The summed E-state index contributed by atoms with van der Waals surface area (Å²) in [6.07, 6.45) is 2.11. The highest BCUT2D eigenvalue weighted by Gasteiger charge is 2.48. The van der Waals surface area contributed by atoms with Gasteiger partial charge in [-0.05, 0) is 94.7 Å². The van der Waals surface area contributed by atoms with Crippen molar-refractivity contribution in [1.82, 2.24) is 9.88 Å². The van der Waals surface area contributed by atoms with Gasteiger partial charge in [0.2, 0.25) is 0 Å². The van der Waals surface area contributed by atoms with E-state index in [9.17, 15) is 9.59 Å². The summed E-state index contributed by atoms with van der Waals surface area (Å²) < 4.78 is 17.6. The first-order chi connectivity index (χ1) is 21.1. The maximum absolute atomic E-state index is 13.0. The molecule has 0 N–H and O–H groups in total. The third kappa shape index (κ3) is 6.64. The van der Waals surface area contributed by atoms with Crippen molar-refractivity contribution in [3.8, 4) is 17.0 Å². The molecule has 2 aliphatic heterocycles. The monoisotopic (exact) mass is 617 g/mol. The number of benzene rings is 2. The molecule has 6 rings (SSSR count). The molecule has 3 aliphatic rings. The Morgan fingerprint density at radius 2 is 1.75 bits per heavy atom. The predicted molar refractivity (Wildman–Crippen MR) is 172 cm³/mol. The van der Waals surface area contributed by atoms with E-state index >= 15 is 0 Å². The molecule has 3 fully saturated rings. The second-order valence-electron chi connectivity index (χ2n) is 13.4. The number of fused-ring (bicyclic) bond motifs is 2. The van der Waals surface area contributed by atoms with Crippen molar-refractivity contribution in [2.24, 2.45) is 17.8 Å². The molecule has 0 spiro atoms. The number of esters is 1. The van der Waals surface area contributed by atoms with Gasteiger partial charge in [-0.1, -0.05) is 17.7 Å². The van der Waals surface area contributed by atoms with Crippen LogP contribution in [-0.4, -0.2) is 66.8 Å². The number of thiazole rings is 1. The lowest BCUT2D eigenvalue weighted by Gasteiger charge is -2.37. The van der Waals surface area contributed by atoms with E-state index < -0.39 is 5.60 Å². The number of aromatic nitrogens is 1. The maximum Gasteiger partial charge on any atom is 0.310 e. The van der Waals surface area contributed by atoms with E-state index in [2.05, 4.69) is 29.3 Å². The Labute approximate surface area is 264 Å². The minimum atomic E-state index is -0.463. The van der Waals surface area contributed by atoms with Crippen molar-refractivity contribution in [1.29, 1.82) is 0 Å². The first-order valence-electron chi connectivity index (χ1n) is 15.7. The molecule has 1 aliphatic carbocycles. The number of hydrogen-bond donors (Lipinski definition) is 0. The van der Waals surface area contributed by atoms with Gasteiger partial charge in [0, 0.05) is 42.7 Å². The number of anilines is 1. The van der Waals surface area contributed by atoms with Gasteiger partial charge in [0.1, 0.15) is 18.0 Å². The van der Waals surface area contributed by atoms with Crippen molar-refractivity contribution < 1.29 is 23.8 Å². The van der Waals surface area contributed by atoms with E-state index in [0.717, 1.165) is 64.8 Å². The molecular formula is C35H43N3O5S. The van der Waals surface area contributed by atoms with Crippen LogP contribution >= 0.6 is 11.3 Å². The first kappa shape index (κ1) is 30.6. The lowest BCUT2D eigenvalue weighted by Crippen LogP contribution is -2.46. The molecule has 2 bridgehead atoms. The number of aryl methyl sites for hydroxylation is 2. The maximum atomic E-state index is 13.0. The highest BCUT2D eigenvalue weighted by molar-refractivity contribution is 7.14. The molecule has 0 radical (unpaired) electrons. The van der Waals surface area contributed by atoms with E-state index in [1.54, 1.807) is 11.3 Å². The van der Waals surface area contributed by atoms with E-state index in [1.165, 1.54) is 0 Å². The quantitative estimate of drug-likeness (QED) is 0.289. The number of carbonyl (C=O) groups excluding carboxylic acids is 2. The number of hydrogen-bond acceptors (Lipinski definition) is 8. The van der Waals surface area contributed by atoms with E-state index in [1.807, 2.05) is 56.9 Å². The van der Waals surface area contributed by atoms with E-state index in [-0.39, 0.29) is 17.8 Å². The fraction of sp³-hybridized carbons (Fsp3) is 0.514. The predicted octanol–water partition coefficient (Wildman–Crippen LogP) is 6.28. The molecule has 44 heavy (non-hydrogen) atoms. The average molecular weight is 618 g/mol. The molecule has 2 unspecified atom stereocenters. The van der Waals surface area contributed by atoms with Crippen LogP contribution in [0.25, 0.3) is 11.3 Å². The topological polar surface area (TPSA) is 81.2 Å². The summed E-state index contributed by atoms with van der Waals surface area (Å²) in [5.74, 6) is 1.37. The Morgan fingerprint density at radius 1 is 1.02 bits per heavy atom. The van der Waals surface area contributed by atoms with Gasteiger partial charge >= 0.3 is 5.97 Å². The Bertz CT molecular complexity index is 1510. The van der Waals surface area contributed by atoms with Crippen LogP contribution in [0.4, 0.5) is 5.13 Å². The second-order valence-corrected chi connectivity index (χ2v) is 14.2. The Balaban J connectivity index is 1.14. The van der Waals surface area contributed by atoms with Crippen molar-refractivity contribution in [2.75, 3.05) is 44.3 Å². The van der Waals surface area contributed by atoms with Crippen LogP contribution in [0.2, 0.25) is 0 Å². The summed E-state index contributed by atoms with van der Waals surface area (Å²) in [7, 11) is 0. The minimum absolute atomic E-state index is 0.0169.